The fourth-order valence-corrected chi connectivity index (χ4v) is 4.93. The minimum absolute atomic E-state index is 0.0529. The maximum absolute atomic E-state index is 13.0. The van der Waals surface area contributed by atoms with E-state index in [4.69, 9.17) is 9.72 Å². The summed E-state index contributed by atoms with van der Waals surface area (Å²) in [5.41, 5.74) is 6.09. The quantitative estimate of drug-likeness (QED) is 0.417. The summed E-state index contributed by atoms with van der Waals surface area (Å²) >= 11 is 0. The molecule has 4 aromatic rings. The van der Waals surface area contributed by atoms with E-state index < -0.39 is 6.10 Å². The summed E-state index contributed by atoms with van der Waals surface area (Å²) in [5.74, 6) is 1.65. The molecular formula is C29H31N3O3. The molecule has 1 amide bonds. The van der Waals surface area contributed by atoms with Crippen molar-refractivity contribution in [1.29, 1.82) is 0 Å². The standard InChI is InChI=1S/C29H31N3O3/c1-19-7-6-8-23(14-19)31-16-22(15-28(31)34)29-30-25-9-4-5-10-26(25)32(29)17-24(33)18-35-27-12-11-20(2)13-21(27)3/h4-14,22,24,33H,15-18H2,1-3H3/t22-,24-/m0/s1. The SMILES string of the molecule is Cc1cccc(N2C[C@@H](c3nc4ccccc4n3C[C@H](O)COc3ccc(C)cc3C)CC2=O)c1. The molecule has 1 fully saturated rings. The number of nitrogens with zero attached hydrogens (tertiary/aromatic N) is 3. The molecule has 0 bridgehead atoms. The first-order valence-corrected chi connectivity index (χ1v) is 12.1. The largest absolute Gasteiger partial charge is 0.491 e. The van der Waals surface area contributed by atoms with Gasteiger partial charge in [-0.25, -0.2) is 4.98 Å². The Morgan fingerprint density at radius 2 is 1.83 bits per heavy atom. The van der Waals surface area contributed by atoms with E-state index in [9.17, 15) is 9.90 Å². The molecule has 2 atom stereocenters. The minimum atomic E-state index is -0.725. The normalized spacial score (nSPS) is 16.7. The Kier molecular flexibility index (Phi) is 6.31. The molecule has 0 unspecified atom stereocenters. The first-order chi connectivity index (χ1) is 16.9. The molecule has 0 saturated carbocycles. The van der Waals surface area contributed by atoms with E-state index in [0.717, 1.165) is 39.4 Å². The molecule has 1 aliphatic heterocycles. The van der Waals surface area contributed by atoms with Gasteiger partial charge < -0.3 is 19.3 Å². The lowest BCUT2D eigenvalue weighted by Gasteiger charge is -2.19. The number of aliphatic hydroxyl groups excluding tert-OH is 1. The monoisotopic (exact) mass is 469 g/mol. The Labute approximate surface area is 205 Å². The van der Waals surface area contributed by atoms with Crippen LogP contribution in [0.1, 0.15) is 34.9 Å². The number of carbonyl (C=O) groups is 1. The molecule has 0 radical (unpaired) electrons. The molecule has 1 saturated heterocycles. The van der Waals surface area contributed by atoms with Crippen LogP contribution in [-0.2, 0) is 11.3 Å². The average molecular weight is 470 g/mol. The van der Waals surface area contributed by atoms with E-state index in [1.165, 1.54) is 5.56 Å². The van der Waals surface area contributed by atoms with Crippen LogP contribution in [0.3, 0.4) is 0 Å². The van der Waals surface area contributed by atoms with Gasteiger partial charge in [0, 0.05) is 24.6 Å². The summed E-state index contributed by atoms with van der Waals surface area (Å²) in [6, 6.07) is 22.0. The Morgan fingerprint density at radius 1 is 1.03 bits per heavy atom. The third-order valence-corrected chi connectivity index (χ3v) is 6.64. The van der Waals surface area contributed by atoms with Gasteiger partial charge in [-0.05, 0) is 62.2 Å². The predicted molar refractivity (Wildman–Crippen MR) is 138 cm³/mol. The lowest BCUT2D eigenvalue weighted by molar-refractivity contribution is -0.117. The van der Waals surface area contributed by atoms with E-state index >= 15 is 0 Å². The van der Waals surface area contributed by atoms with E-state index in [0.29, 0.717) is 19.5 Å². The highest BCUT2D eigenvalue weighted by atomic mass is 16.5. The Hall–Kier alpha value is -3.64. The van der Waals surface area contributed by atoms with E-state index in [1.807, 2.05) is 86.3 Å². The number of ether oxygens (including phenoxy) is 1. The zero-order chi connectivity index (χ0) is 24.5. The molecule has 3 aromatic carbocycles. The van der Waals surface area contributed by atoms with Crippen molar-refractivity contribution in [2.75, 3.05) is 18.1 Å². The number of imidazole rings is 1. The van der Waals surface area contributed by atoms with Crippen LogP contribution in [0.25, 0.3) is 11.0 Å². The van der Waals surface area contributed by atoms with E-state index in [2.05, 4.69) is 10.6 Å². The van der Waals surface area contributed by atoms with Crippen molar-refractivity contribution in [3.05, 3.63) is 89.2 Å². The second-order valence-electron chi connectivity index (χ2n) is 9.55. The van der Waals surface area contributed by atoms with Crippen LogP contribution in [0.2, 0.25) is 0 Å². The van der Waals surface area contributed by atoms with E-state index in [1.54, 1.807) is 0 Å². The summed E-state index contributed by atoms with van der Waals surface area (Å²) in [5, 5.41) is 10.9. The number of anilines is 1. The number of hydrogen-bond acceptors (Lipinski definition) is 4. The third-order valence-electron chi connectivity index (χ3n) is 6.64. The van der Waals surface area contributed by atoms with Gasteiger partial charge in [0.05, 0.1) is 17.6 Å². The predicted octanol–water partition coefficient (Wildman–Crippen LogP) is 4.92. The minimum Gasteiger partial charge on any atom is -0.491 e. The second-order valence-corrected chi connectivity index (χ2v) is 9.55. The summed E-state index contributed by atoms with van der Waals surface area (Å²) in [6.07, 6.45) is -0.330. The smallest absolute Gasteiger partial charge is 0.227 e. The Bertz CT molecular complexity index is 1380. The maximum Gasteiger partial charge on any atom is 0.227 e. The van der Waals surface area contributed by atoms with Crippen molar-refractivity contribution < 1.29 is 14.6 Å². The highest BCUT2D eigenvalue weighted by Gasteiger charge is 2.35. The number of aryl methyl sites for hydroxylation is 3. The molecule has 1 N–H and O–H groups in total. The molecule has 0 aliphatic carbocycles. The van der Waals surface area contributed by atoms with Crippen LogP contribution in [0, 0.1) is 20.8 Å². The van der Waals surface area contributed by atoms with Gasteiger partial charge in [-0.2, -0.15) is 0 Å². The average Bonchev–Trinajstić information content (AvgIpc) is 3.39. The van der Waals surface area contributed by atoms with Crippen LogP contribution in [0.4, 0.5) is 5.69 Å². The van der Waals surface area contributed by atoms with Gasteiger partial charge in [0.25, 0.3) is 0 Å². The van der Waals surface area contributed by atoms with Gasteiger partial charge >= 0.3 is 0 Å². The Morgan fingerprint density at radius 3 is 2.63 bits per heavy atom. The first kappa shape index (κ1) is 23.1. The number of carbonyl (C=O) groups excluding carboxylic acids is 1. The fourth-order valence-electron chi connectivity index (χ4n) is 4.93. The van der Waals surface area contributed by atoms with Gasteiger partial charge in [-0.15, -0.1) is 0 Å². The lowest BCUT2D eigenvalue weighted by Crippen LogP contribution is -2.26. The molecular weight excluding hydrogens is 438 g/mol. The number of para-hydroxylation sites is 2. The van der Waals surface area contributed by atoms with Crippen LogP contribution >= 0.6 is 0 Å². The van der Waals surface area contributed by atoms with Gasteiger partial charge in [0.15, 0.2) is 0 Å². The fraction of sp³-hybridized carbons (Fsp3) is 0.310. The summed E-state index contributed by atoms with van der Waals surface area (Å²) in [7, 11) is 0. The van der Waals surface area contributed by atoms with Crippen LogP contribution in [0.15, 0.2) is 66.7 Å². The molecule has 6 heteroatoms. The van der Waals surface area contributed by atoms with Crippen LogP contribution < -0.4 is 9.64 Å². The van der Waals surface area contributed by atoms with Gasteiger partial charge in [-0.1, -0.05) is 42.0 Å². The highest BCUT2D eigenvalue weighted by molar-refractivity contribution is 5.96. The number of benzene rings is 3. The molecule has 6 nitrogen and oxygen atoms in total. The van der Waals surface area contributed by atoms with Crippen molar-refractivity contribution in [3.8, 4) is 5.75 Å². The molecule has 0 spiro atoms. The second kappa shape index (κ2) is 9.55. The van der Waals surface area contributed by atoms with Crippen molar-refractivity contribution in [2.24, 2.45) is 0 Å². The number of rotatable bonds is 7. The van der Waals surface area contributed by atoms with Crippen LogP contribution in [0.5, 0.6) is 5.75 Å². The zero-order valence-electron chi connectivity index (χ0n) is 20.4. The zero-order valence-corrected chi connectivity index (χ0v) is 20.4. The molecule has 35 heavy (non-hydrogen) atoms. The van der Waals surface area contributed by atoms with Crippen LogP contribution in [-0.4, -0.2) is 39.8 Å². The first-order valence-electron chi connectivity index (χ1n) is 12.1. The van der Waals surface area contributed by atoms with E-state index in [-0.39, 0.29) is 18.4 Å². The van der Waals surface area contributed by atoms with Gasteiger partial charge in [-0.3, -0.25) is 4.79 Å². The molecule has 2 heterocycles. The molecule has 180 valence electrons. The molecule has 1 aromatic heterocycles. The number of amides is 1. The summed E-state index contributed by atoms with van der Waals surface area (Å²) in [6.45, 7) is 7.17. The molecule has 5 rings (SSSR count). The van der Waals surface area contributed by atoms with Crippen molar-refractivity contribution in [1.82, 2.24) is 9.55 Å². The number of fused-ring (bicyclic) bond motifs is 1. The topological polar surface area (TPSA) is 67.6 Å². The third kappa shape index (κ3) is 4.80. The van der Waals surface area contributed by atoms with Crippen molar-refractivity contribution in [3.63, 3.8) is 0 Å². The summed E-state index contributed by atoms with van der Waals surface area (Å²) < 4.78 is 8.00. The summed E-state index contributed by atoms with van der Waals surface area (Å²) in [4.78, 5) is 19.7. The highest BCUT2D eigenvalue weighted by Crippen LogP contribution is 2.33. The Balaban J connectivity index is 1.38. The lowest BCUT2D eigenvalue weighted by atomic mass is 10.1. The van der Waals surface area contributed by atoms with Crippen molar-refractivity contribution >= 4 is 22.6 Å². The maximum atomic E-state index is 13.0. The number of aliphatic hydroxyl groups is 1. The van der Waals surface area contributed by atoms with Gasteiger partial charge in [0.2, 0.25) is 5.91 Å². The van der Waals surface area contributed by atoms with Gasteiger partial charge in [0.1, 0.15) is 24.3 Å². The molecule has 1 aliphatic rings. The number of aromatic nitrogens is 2. The number of hydrogen-bond donors (Lipinski definition) is 1. The van der Waals surface area contributed by atoms with Crippen molar-refractivity contribution in [2.45, 2.75) is 45.8 Å².